The van der Waals surface area contributed by atoms with Crippen molar-refractivity contribution in [1.29, 1.82) is 0 Å². The number of aryl methyl sites for hydroxylation is 2. The summed E-state index contributed by atoms with van der Waals surface area (Å²) in [6.45, 7) is 3.97. The first-order valence-electron chi connectivity index (χ1n) is 5.78. The molecule has 0 unspecified atom stereocenters. The highest BCUT2D eigenvalue weighted by Gasteiger charge is 2.13. The van der Waals surface area contributed by atoms with Crippen LogP contribution in [0, 0.1) is 19.7 Å². The SMILES string of the molecule is Cc1cc(C)c2oc(-c3ccccc3F)nc2c1. The lowest BCUT2D eigenvalue weighted by Gasteiger charge is -1.96. The lowest BCUT2D eigenvalue weighted by molar-refractivity contribution is 0.592. The number of aromatic nitrogens is 1. The summed E-state index contributed by atoms with van der Waals surface area (Å²) < 4.78 is 19.4. The van der Waals surface area contributed by atoms with Crippen LogP contribution in [0.1, 0.15) is 11.1 Å². The Labute approximate surface area is 104 Å². The molecule has 0 aliphatic rings. The number of oxazole rings is 1. The average Bonchev–Trinajstić information content (AvgIpc) is 2.73. The Morgan fingerprint density at radius 1 is 1.11 bits per heavy atom. The molecule has 1 heterocycles. The van der Waals surface area contributed by atoms with E-state index in [1.165, 1.54) is 6.07 Å². The van der Waals surface area contributed by atoms with Gasteiger partial charge in [0.25, 0.3) is 0 Å². The molecule has 0 saturated carbocycles. The molecule has 0 radical (unpaired) electrons. The Kier molecular flexibility index (Phi) is 2.40. The van der Waals surface area contributed by atoms with Crippen LogP contribution in [0.3, 0.4) is 0 Å². The van der Waals surface area contributed by atoms with Gasteiger partial charge in [0.15, 0.2) is 5.58 Å². The van der Waals surface area contributed by atoms with Crippen molar-refractivity contribution in [3.05, 3.63) is 53.3 Å². The van der Waals surface area contributed by atoms with Crippen LogP contribution in [-0.4, -0.2) is 4.98 Å². The second-order valence-electron chi connectivity index (χ2n) is 4.43. The van der Waals surface area contributed by atoms with Gasteiger partial charge in [0, 0.05) is 0 Å². The molecule has 0 aliphatic carbocycles. The van der Waals surface area contributed by atoms with E-state index in [0.29, 0.717) is 11.5 Å². The van der Waals surface area contributed by atoms with Crippen molar-refractivity contribution in [2.24, 2.45) is 0 Å². The summed E-state index contributed by atoms with van der Waals surface area (Å²) in [5, 5.41) is 0. The van der Waals surface area contributed by atoms with E-state index in [1.807, 2.05) is 26.0 Å². The van der Waals surface area contributed by atoms with Crippen molar-refractivity contribution < 1.29 is 8.81 Å². The maximum atomic E-state index is 13.7. The number of halogens is 1. The minimum absolute atomic E-state index is 0.321. The van der Waals surface area contributed by atoms with Crippen molar-refractivity contribution in [2.45, 2.75) is 13.8 Å². The van der Waals surface area contributed by atoms with Gasteiger partial charge in [-0.2, -0.15) is 0 Å². The highest BCUT2D eigenvalue weighted by atomic mass is 19.1. The van der Waals surface area contributed by atoms with Gasteiger partial charge in [-0.05, 0) is 43.2 Å². The smallest absolute Gasteiger partial charge is 0.230 e. The number of hydrogen-bond acceptors (Lipinski definition) is 2. The minimum Gasteiger partial charge on any atom is -0.436 e. The summed E-state index contributed by atoms with van der Waals surface area (Å²) in [4.78, 5) is 4.36. The van der Waals surface area contributed by atoms with Crippen LogP contribution in [0.2, 0.25) is 0 Å². The lowest BCUT2D eigenvalue weighted by Crippen LogP contribution is -1.82. The van der Waals surface area contributed by atoms with E-state index in [-0.39, 0.29) is 5.82 Å². The Hall–Kier alpha value is -2.16. The number of nitrogens with zero attached hydrogens (tertiary/aromatic N) is 1. The second-order valence-corrected chi connectivity index (χ2v) is 4.43. The van der Waals surface area contributed by atoms with Crippen molar-refractivity contribution in [3.8, 4) is 11.5 Å². The Bertz CT molecular complexity index is 730. The van der Waals surface area contributed by atoms with Crippen molar-refractivity contribution in [3.63, 3.8) is 0 Å². The topological polar surface area (TPSA) is 26.0 Å². The van der Waals surface area contributed by atoms with Crippen LogP contribution >= 0.6 is 0 Å². The number of fused-ring (bicyclic) bond motifs is 1. The zero-order chi connectivity index (χ0) is 12.7. The van der Waals surface area contributed by atoms with E-state index in [4.69, 9.17) is 4.42 Å². The monoisotopic (exact) mass is 241 g/mol. The fourth-order valence-electron chi connectivity index (χ4n) is 2.13. The van der Waals surface area contributed by atoms with Crippen molar-refractivity contribution in [1.82, 2.24) is 4.98 Å². The fraction of sp³-hybridized carbons (Fsp3) is 0.133. The van der Waals surface area contributed by atoms with Gasteiger partial charge >= 0.3 is 0 Å². The first-order valence-corrected chi connectivity index (χ1v) is 5.78. The maximum Gasteiger partial charge on any atom is 0.230 e. The Morgan fingerprint density at radius 3 is 2.67 bits per heavy atom. The van der Waals surface area contributed by atoms with Gasteiger partial charge < -0.3 is 4.42 Å². The largest absolute Gasteiger partial charge is 0.436 e. The Morgan fingerprint density at radius 2 is 1.89 bits per heavy atom. The van der Waals surface area contributed by atoms with Crippen molar-refractivity contribution >= 4 is 11.1 Å². The molecule has 0 saturated heterocycles. The zero-order valence-corrected chi connectivity index (χ0v) is 10.2. The second kappa shape index (κ2) is 3.95. The summed E-state index contributed by atoms with van der Waals surface area (Å²) >= 11 is 0. The van der Waals surface area contributed by atoms with E-state index in [0.717, 1.165) is 22.2 Å². The molecule has 90 valence electrons. The maximum absolute atomic E-state index is 13.7. The van der Waals surface area contributed by atoms with Gasteiger partial charge in [-0.1, -0.05) is 18.2 Å². The summed E-state index contributed by atoms with van der Waals surface area (Å²) in [7, 11) is 0. The van der Waals surface area contributed by atoms with Crippen molar-refractivity contribution in [2.75, 3.05) is 0 Å². The molecule has 0 spiro atoms. The van der Waals surface area contributed by atoms with E-state index < -0.39 is 0 Å². The third-order valence-corrected chi connectivity index (χ3v) is 2.92. The van der Waals surface area contributed by atoms with Crippen LogP contribution in [0.4, 0.5) is 4.39 Å². The molecule has 3 aromatic rings. The fourth-order valence-corrected chi connectivity index (χ4v) is 2.13. The first-order chi connectivity index (χ1) is 8.65. The first kappa shape index (κ1) is 11.0. The number of hydrogen-bond donors (Lipinski definition) is 0. The van der Waals surface area contributed by atoms with Gasteiger partial charge in [0.2, 0.25) is 5.89 Å². The molecule has 1 aromatic heterocycles. The third-order valence-electron chi connectivity index (χ3n) is 2.92. The molecule has 0 fully saturated rings. The molecule has 0 amide bonds. The molecule has 0 aliphatic heterocycles. The molecule has 0 N–H and O–H groups in total. The van der Waals surface area contributed by atoms with E-state index in [1.54, 1.807) is 18.2 Å². The third kappa shape index (κ3) is 1.68. The highest BCUT2D eigenvalue weighted by Crippen LogP contribution is 2.28. The molecule has 2 nitrogen and oxygen atoms in total. The van der Waals surface area contributed by atoms with Gasteiger partial charge in [-0.3, -0.25) is 0 Å². The van der Waals surface area contributed by atoms with Gasteiger partial charge in [0.1, 0.15) is 11.3 Å². The molecule has 0 atom stereocenters. The molecule has 3 rings (SSSR count). The predicted molar refractivity (Wildman–Crippen MR) is 68.9 cm³/mol. The van der Waals surface area contributed by atoms with Crippen LogP contribution in [0.5, 0.6) is 0 Å². The normalized spacial score (nSPS) is 11.1. The molecular formula is C15H12FNO. The molecule has 0 bridgehead atoms. The van der Waals surface area contributed by atoms with E-state index >= 15 is 0 Å². The minimum atomic E-state index is -0.321. The number of rotatable bonds is 1. The number of benzene rings is 2. The Balaban J connectivity index is 2.26. The average molecular weight is 241 g/mol. The highest BCUT2D eigenvalue weighted by molar-refractivity contribution is 5.80. The summed E-state index contributed by atoms with van der Waals surface area (Å²) in [6.07, 6.45) is 0. The summed E-state index contributed by atoms with van der Waals surface area (Å²) in [5.74, 6) is 0.00947. The molecule has 18 heavy (non-hydrogen) atoms. The standard InChI is InChI=1S/C15H12FNO/c1-9-7-10(2)14-13(8-9)17-15(18-14)11-5-3-4-6-12(11)16/h3-8H,1-2H3. The molecule has 3 heteroatoms. The van der Waals surface area contributed by atoms with Crippen LogP contribution in [-0.2, 0) is 0 Å². The van der Waals surface area contributed by atoms with Crippen LogP contribution in [0.25, 0.3) is 22.6 Å². The van der Waals surface area contributed by atoms with E-state index in [2.05, 4.69) is 4.98 Å². The predicted octanol–water partition coefficient (Wildman–Crippen LogP) is 4.25. The van der Waals surface area contributed by atoms with Gasteiger partial charge in [-0.15, -0.1) is 0 Å². The lowest BCUT2D eigenvalue weighted by atomic mass is 10.1. The quantitative estimate of drug-likeness (QED) is 0.636. The summed E-state index contributed by atoms with van der Waals surface area (Å²) in [6, 6.07) is 10.5. The van der Waals surface area contributed by atoms with Crippen LogP contribution < -0.4 is 0 Å². The van der Waals surface area contributed by atoms with E-state index in [9.17, 15) is 4.39 Å². The van der Waals surface area contributed by atoms with Gasteiger partial charge in [0.05, 0.1) is 5.56 Å². The van der Waals surface area contributed by atoms with Crippen LogP contribution in [0.15, 0.2) is 40.8 Å². The molecular weight excluding hydrogens is 229 g/mol. The van der Waals surface area contributed by atoms with Gasteiger partial charge in [-0.25, -0.2) is 9.37 Å². The zero-order valence-electron chi connectivity index (χ0n) is 10.2. The summed E-state index contributed by atoms with van der Waals surface area (Å²) in [5.41, 5.74) is 4.02. The molecule has 2 aromatic carbocycles.